The molecular formula is C29H37NO4. The lowest BCUT2D eigenvalue weighted by Crippen LogP contribution is -2.29. The first-order valence-corrected chi connectivity index (χ1v) is 12.2. The van der Waals surface area contributed by atoms with E-state index >= 15 is 0 Å². The molecule has 1 aliphatic rings. The van der Waals surface area contributed by atoms with Crippen molar-refractivity contribution in [2.24, 2.45) is 0 Å². The van der Waals surface area contributed by atoms with Crippen LogP contribution in [0.2, 0.25) is 0 Å². The van der Waals surface area contributed by atoms with Crippen molar-refractivity contribution < 1.29 is 19.8 Å². The first-order chi connectivity index (χ1) is 16.5. The number of carboxylic acid groups (broad SMARTS) is 1. The second-order valence-corrected chi connectivity index (χ2v) is 8.42. The molecule has 1 fully saturated rings. The van der Waals surface area contributed by atoms with Gasteiger partial charge in [0.25, 0.3) is 6.47 Å². The van der Waals surface area contributed by atoms with Gasteiger partial charge < -0.3 is 15.1 Å². The van der Waals surface area contributed by atoms with Gasteiger partial charge in [0.05, 0.1) is 0 Å². The summed E-state index contributed by atoms with van der Waals surface area (Å²) in [5.74, 6) is 0.363. The van der Waals surface area contributed by atoms with Crippen LogP contribution in [0.15, 0.2) is 60.2 Å². The van der Waals surface area contributed by atoms with Crippen molar-refractivity contribution in [1.82, 2.24) is 4.90 Å². The third-order valence-corrected chi connectivity index (χ3v) is 6.02. The summed E-state index contributed by atoms with van der Waals surface area (Å²) in [5, 5.41) is 16.6. The molecule has 182 valence electrons. The number of rotatable bonds is 7. The Labute approximate surface area is 203 Å². The molecule has 5 heteroatoms. The number of aromatic hydroxyl groups is 1. The maximum absolute atomic E-state index is 12.4. The minimum atomic E-state index is -0.250. The minimum Gasteiger partial charge on any atom is -0.508 e. The molecule has 1 aliphatic carbocycles. The van der Waals surface area contributed by atoms with Crippen molar-refractivity contribution in [3.8, 4) is 5.75 Å². The number of carbonyl (C=O) groups excluding carboxylic acids is 1. The molecule has 2 aromatic rings. The Bertz CT molecular complexity index is 949. The fourth-order valence-electron chi connectivity index (χ4n) is 4.34. The number of amides is 1. The van der Waals surface area contributed by atoms with Crippen LogP contribution in [0, 0.1) is 0 Å². The van der Waals surface area contributed by atoms with Crippen molar-refractivity contribution in [2.45, 2.75) is 58.8 Å². The van der Waals surface area contributed by atoms with Gasteiger partial charge in [-0.2, -0.15) is 0 Å². The molecule has 0 bridgehead atoms. The van der Waals surface area contributed by atoms with Crippen LogP contribution >= 0.6 is 0 Å². The number of phenolic OH excluding ortho intramolecular Hbond substituents is 1. The summed E-state index contributed by atoms with van der Waals surface area (Å²) in [4.78, 5) is 22.6. The van der Waals surface area contributed by atoms with Gasteiger partial charge in [-0.3, -0.25) is 9.59 Å². The number of nitrogens with zero attached hydrogens (tertiary/aromatic N) is 1. The third-order valence-electron chi connectivity index (χ3n) is 6.02. The molecule has 0 aromatic heterocycles. The summed E-state index contributed by atoms with van der Waals surface area (Å²) in [6.45, 7) is 5.39. The highest BCUT2D eigenvalue weighted by molar-refractivity contribution is 5.92. The Morgan fingerprint density at radius 3 is 1.94 bits per heavy atom. The maximum Gasteiger partial charge on any atom is 0.290 e. The topological polar surface area (TPSA) is 77.8 Å². The van der Waals surface area contributed by atoms with Gasteiger partial charge in [-0.05, 0) is 79.5 Å². The first kappa shape index (κ1) is 26.9. The Morgan fingerprint density at radius 1 is 0.912 bits per heavy atom. The zero-order chi connectivity index (χ0) is 24.8. The molecule has 0 spiro atoms. The maximum atomic E-state index is 12.4. The Hall–Kier alpha value is -3.34. The molecule has 0 heterocycles. The highest BCUT2D eigenvalue weighted by atomic mass is 16.3. The summed E-state index contributed by atoms with van der Waals surface area (Å²) in [5.41, 5.74) is 6.20. The van der Waals surface area contributed by atoms with E-state index in [1.807, 2.05) is 30.0 Å². The summed E-state index contributed by atoms with van der Waals surface area (Å²) in [7, 11) is 0. The van der Waals surface area contributed by atoms with Gasteiger partial charge in [0.15, 0.2) is 0 Å². The molecule has 2 aromatic carbocycles. The number of carbonyl (C=O) groups is 2. The summed E-state index contributed by atoms with van der Waals surface area (Å²) in [6, 6.07) is 16.1. The lowest BCUT2D eigenvalue weighted by molar-refractivity contribution is -0.126. The predicted octanol–water partition coefficient (Wildman–Crippen LogP) is 6.52. The molecule has 1 saturated carbocycles. The standard InChI is InChI=1S/C28H35NO2.CH2O2/c1-3-21-29(4-2)27(31)20-13-22-11-14-24(15-12-22)28(23-9-7-5-6-8-10-23)25-16-18-26(30)19-17-25;2-1-3/h11-20,30H,3-10,21H2,1-2H3;1H,(H,2,3)/b20-13+;. The summed E-state index contributed by atoms with van der Waals surface area (Å²) >= 11 is 0. The second kappa shape index (κ2) is 14.7. The molecule has 1 amide bonds. The molecule has 0 aliphatic heterocycles. The number of allylic oxidation sites excluding steroid dienone is 1. The number of hydrogen-bond donors (Lipinski definition) is 2. The lowest BCUT2D eigenvalue weighted by atomic mass is 9.89. The third kappa shape index (κ3) is 8.22. The number of hydrogen-bond acceptors (Lipinski definition) is 3. The predicted molar refractivity (Wildman–Crippen MR) is 139 cm³/mol. The molecule has 0 saturated heterocycles. The van der Waals surface area contributed by atoms with Gasteiger partial charge in [0.1, 0.15) is 5.75 Å². The van der Waals surface area contributed by atoms with Crippen LogP contribution < -0.4 is 0 Å². The SMILES string of the molecule is CCCN(CC)C(=O)/C=C/c1ccc(C(=C2CCCCCC2)c2ccc(O)cc2)cc1.O=CO. The van der Waals surface area contributed by atoms with E-state index in [4.69, 9.17) is 9.90 Å². The van der Waals surface area contributed by atoms with E-state index in [1.165, 1.54) is 42.4 Å². The molecule has 0 unspecified atom stereocenters. The molecule has 34 heavy (non-hydrogen) atoms. The van der Waals surface area contributed by atoms with E-state index in [1.54, 1.807) is 18.2 Å². The van der Waals surface area contributed by atoms with Crippen LogP contribution in [0.1, 0.15) is 75.5 Å². The van der Waals surface area contributed by atoms with E-state index < -0.39 is 0 Å². The van der Waals surface area contributed by atoms with E-state index in [2.05, 4.69) is 31.2 Å². The van der Waals surface area contributed by atoms with Crippen molar-refractivity contribution in [3.05, 3.63) is 76.9 Å². The van der Waals surface area contributed by atoms with Crippen LogP contribution in [-0.2, 0) is 9.59 Å². The van der Waals surface area contributed by atoms with Crippen LogP contribution in [0.3, 0.4) is 0 Å². The molecule has 3 rings (SSSR count). The molecule has 0 atom stereocenters. The second-order valence-electron chi connectivity index (χ2n) is 8.42. The Balaban J connectivity index is 0.00000129. The van der Waals surface area contributed by atoms with Crippen LogP contribution in [0.25, 0.3) is 11.6 Å². The quantitative estimate of drug-likeness (QED) is 0.278. The Kier molecular flexibility index (Phi) is 11.7. The molecular weight excluding hydrogens is 426 g/mol. The van der Waals surface area contributed by atoms with Crippen molar-refractivity contribution >= 4 is 24.0 Å². The fourth-order valence-corrected chi connectivity index (χ4v) is 4.34. The van der Waals surface area contributed by atoms with Gasteiger partial charge in [-0.1, -0.05) is 61.7 Å². The number of benzene rings is 2. The van der Waals surface area contributed by atoms with E-state index in [0.29, 0.717) is 5.75 Å². The molecule has 0 radical (unpaired) electrons. The zero-order valence-corrected chi connectivity index (χ0v) is 20.4. The number of phenols is 1. The minimum absolute atomic E-state index is 0.0683. The average Bonchev–Trinajstić information content (AvgIpc) is 3.13. The summed E-state index contributed by atoms with van der Waals surface area (Å²) in [6.07, 6.45) is 11.9. The molecule has 2 N–H and O–H groups in total. The largest absolute Gasteiger partial charge is 0.508 e. The van der Waals surface area contributed by atoms with E-state index in [9.17, 15) is 9.90 Å². The van der Waals surface area contributed by atoms with Crippen molar-refractivity contribution in [3.63, 3.8) is 0 Å². The van der Waals surface area contributed by atoms with Crippen LogP contribution in [0.5, 0.6) is 5.75 Å². The van der Waals surface area contributed by atoms with E-state index in [-0.39, 0.29) is 12.4 Å². The highest BCUT2D eigenvalue weighted by Crippen LogP contribution is 2.35. The van der Waals surface area contributed by atoms with Crippen molar-refractivity contribution in [1.29, 1.82) is 0 Å². The zero-order valence-electron chi connectivity index (χ0n) is 20.4. The van der Waals surface area contributed by atoms with Gasteiger partial charge in [0, 0.05) is 19.2 Å². The lowest BCUT2D eigenvalue weighted by Gasteiger charge is -2.17. The fraction of sp³-hybridized carbons (Fsp3) is 0.379. The highest BCUT2D eigenvalue weighted by Gasteiger charge is 2.14. The average molecular weight is 464 g/mol. The monoisotopic (exact) mass is 463 g/mol. The van der Waals surface area contributed by atoms with E-state index in [0.717, 1.165) is 43.5 Å². The van der Waals surface area contributed by atoms with Crippen LogP contribution in [0.4, 0.5) is 0 Å². The number of likely N-dealkylation sites (N-methyl/N-ethyl adjacent to an activating group) is 1. The summed E-state index contributed by atoms with van der Waals surface area (Å²) < 4.78 is 0. The van der Waals surface area contributed by atoms with Gasteiger partial charge >= 0.3 is 0 Å². The normalized spacial score (nSPS) is 13.5. The van der Waals surface area contributed by atoms with Gasteiger partial charge in [0.2, 0.25) is 5.91 Å². The Morgan fingerprint density at radius 2 is 1.44 bits per heavy atom. The first-order valence-electron chi connectivity index (χ1n) is 12.2. The van der Waals surface area contributed by atoms with Gasteiger partial charge in [-0.25, -0.2) is 0 Å². The molecule has 5 nitrogen and oxygen atoms in total. The van der Waals surface area contributed by atoms with Crippen LogP contribution in [-0.4, -0.2) is 40.6 Å². The smallest absolute Gasteiger partial charge is 0.290 e. The van der Waals surface area contributed by atoms with Gasteiger partial charge in [-0.15, -0.1) is 0 Å². The van der Waals surface area contributed by atoms with Crippen molar-refractivity contribution in [2.75, 3.05) is 13.1 Å².